The van der Waals surface area contributed by atoms with Gasteiger partial charge in [-0.05, 0) is 42.9 Å². The molecule has 0 aliphatic carbocycles. The molecule has 0 radical (unpaired) electrons. The quantitative estimate of drug-likeness (QED) is 0.454. The molecule has 0 saturated carbocycles. The lowest BCUT2D eigenvalue weighted by molar-refractivity contribution is 0.0933. The molecule has 3 unspecified atom stereocenters. The first-order valence-electron chi connectivity index (χ1n) is 10.8. The lowest BCUT2D eigenvalue weighted by Crippen LogP contribution is -2.18. The van der Waals surface area contributed by atoms with E-state index in [1.807, 2.05) is 54.6 Å². The molecule has 31 heavy (non-hydrogen) atoms. The van der Waals surface area contributed by atoms with Gasteiger partial charge in [0.15, 0.2) is 11.3 Å². The highest BCUT2D eigenvalue weighted by molar-refractivity contribution is 7.99. The molecule has 1 fully saturated rings. The molecule has 0 bridgehead atoms. The Labute approximate surface area is 185 Å². The highest BCUT2D eigenvalue weighted by Gasteiger charge is 2.36. The molecule has 3 atom stereocenters. The third kappa shape index (κ3) is 3.83. The van der Waals surface area contributed by atoms with Crippen LogP contribution in [0.15, 0.2) is 59.5 Å². The van der Waals surface area contributed by atoms with E-state index < -0.39 is 5.50 Å². The number of halogens is 1. The second kappa shape index (κ2) is 8.60. The summed E-state index contributed by atoms with van der Waals surface area (Å²) in [5.74, 6) is 0.552. The van der Waals surface area contributed by atoms with Crippen LogP contribution in [0.4, 0.5) is 4.39 Å². The van der Waals surface area contributed by atoms with Gasteiger partial charge in [0.25, 0.3) is 0 Å². The van der Waals surface area contributed by atoms with Crippen molar-refractivity contribution < 1.29 is 13.9 Å². The maximum absolute atomic E-state index is 15.5. The average molecular weight is 437 g/mol. The Morgan fingerprint density at radius 1 is 1.13 bits per heavy atom. The molecule has 1 saturated heterocycles. The Bertz CT molecular complexity index is 1100. The van der Waals surface area contributed by atoms with Crippen molar-refractivity contribution in [2.75, 3.05) is 13.2 Å². The molecule has 5 rings (SSSR count). The Hall–Kier alpha value is -2.44. The van der Waals surface area contributed by atoms with Crippen LogP contribution >= 0.6 is 11.8 Å². The van der Waals surface area contributed by atoms with Gasteiger partial charge in [-0.2, -0.15) is 5.10 Å². The third-order valence-corrected chi connectivity index (χ3v) is 7.44. The van der Waals surface area contributed by atoms with Crippen molar-refractivity contribution in [2.24, 2.45) is 11.8 Å². The number of benzene rings is 2. The zero-order valence-corrected chi connectivity index (χ0v) is 18.3. The second-order valence-corrected chi connectivity index (χ2v) is 9.43. The minimum Gasteiger partial charge on any atom is -0.381 e. The van der Waals surface area contributed by atoms with E-state index in [1.165, 1.54) is 0 Å². The zero-order chi connectivity index (χ0) is 21.4. The Morgan fingerprint density at radius 3 is 2.71 bits per heavy atom. The maximum atomic E-state index is 15.5. The number of ether oxygens (including phenoxy) is 1. The minimum atomic E-state index is -1.32. The number of rotatable bonds is 4. The Kier molecular flexibility index (Phi) is 5.67. The number of carbonyl (C=O) groups is 1. The molecule has 4 nitrogen and oxygen atoms in total. The molecular formula is C25H25FN2O2S. The van der Waals surface area contributed by atoms with Crippen LogP contribution < -0.4 is 0 Å². The molecule has 1 aromatic heterocycles. The maximum Gasteiger partial charge on any atom is 0.183 e. The summed E-state index contributed by atoms with van der Waals surface area (Å²) in [7, 11) is 0. The Balaban J connectivity index is 1.61. The van der Waals surface area contributed by atoms with E-state index in [-0.39, 0.29) is 17.4 Å². The van der Waals surface area contributed by atoms with E-state index in [4.69, 9.17) is 9.84 Å². The first kappa shape index (κ1) is 20.5. The molecule has 2 aromatic carbocycles. The van der Waals surface area contributed by atoms with Crippen molar-refractivity contribution >= 4 is 17.5 Å². The number of carbonyl (C=O) groups excluding carboxylic acids is 1. The van der Waals surface area contributed by atoms with E-state index in [0.717, 1.165) is 47.4 Å². The topological polar surface area (TPSA) is 44.1 Å². The SMILES string of the molecule is CC1CCOCCC1CC(=O)c1nn(-c2ccccc2)c2c1C(F)Sc1ccccc1-2. The largest absolute Gasteiger partial charge is 0.381 e. The van der Waals surface area contributed by atoms with Crippen molar-refractivity contribution in [1.29, 1.82) is 0 Å². The van der Waals surface area contributed by atoms with Crippen molar-refractivity contribution in [1.82, 2.24) is 9.78 Å². The highest BCUT2D eigenvalue weighted by atomic mass is 32.2. The normalized spacial score (nSPS) is 23.0. The molecule has 0 amide bonds. The predicted molar refractivity (Wildman–Crippen MR) is 120 cm³/mol. The number of aromatic nitrogens is 2. The number of ketones is 1. The van der Waals surface area contributed by atoms with Crippen LogP contribution in [0.2, 0.25) is 0 Å². The highest BCUT2D eigenvalue weighted by Crippen LogP contribution is 2.51. The summed E-state index contributed by atoms with van der Waals surface area (Å²) in [6.07, 6.45) is 2.18. The summed E-state index contributed by atoms with van der Waals surface area (Å²) >= 11 is 1.15. The minimum absolute atomic E-state index is 0.0766. The van der Waals surface area contributed by atoms with Gasteiger partial charge in [-0.25, -0.2) is 9.07 Å². The number of Topliss-reactive ketones (excluding diaryl/α,β-unsaturated/α-hetero) is 1. The molecule has 2 aliphatic heterocycles. The fourth-order valence-corrected chi connectivity index (χ4v) is 5.58. The average Bonchev–Trinajstić information content (AvgIpc) is 3.09. The Morgan fingerprint density at radius 2 is 1.87 bits per heavy atom. The summed E-state index contributed by atoms with van der Waals surface area (Å²) in [6.45, 7) is 3.59. The van der Waals surface area contributed by atoms with Crippen LogP contribution in [0.25, 0.3) is 16.9 Å². The van der Waals surface area contributed by atoms with Crippen molar-refractivity contribution in [3.8, 4) is 16.9 Å². The van der Waals surface area contributed by atoms with E-state index in [2.05, 4.69) is 6.92 Å². The van der Waals surface area contributed by atoms with Gasteiger partial charge < -0.3 is 4.74 Å². The van der Waals surface area contributed by atoms with Crippen LogP contribution in [0.3, 0.4) is 0 Å². The molecule has 6 heteroatoms. The van der Waals surface area contributed by atoms with Crippen LogP contribution in [0.5, 0.6) is 0 Å². The molecule has 3 aromatic rings. The molecule has 160 valence electrons. The van der Waals surface area contributed by atoms with Gasteiger partial charge in [0, 0.05) is 30.1 Å². The monoisotopic (exact) mass is 436 g/mol. The van der Waals surface area contributed by atoms with Gasteiger partial charge in [-0.15, -0.1) is 0 Å². The fourth-order valence-electron chi connectivity index (χ4n) is 4.57. The van der Waals surface area contributed by atoms with Crippen molar-refractivity contribution in [3.63, 3.8) is 0 Å². The van der Waals surface area contributed by atoms with Gasteiger partial charge in [0.2, 0.25) is 0 Å². The number of fused-ring (bicyclic) bond motifs is 3. The van der Waals surface area contributed by atoms with E-state index in [1.54, 1.807) is 4.68 Å². The molecule has 0 spiro atoms. The summed E-state index contributed by atoms with van der Waals surface area (Å²) < 4.78 is 22.8. The molecular weight excluding hydrogens is 411 g/mol. The van der Waals surface area contributed by atoms with Crippen LogP contribution in [-0.2, 0) is 4.74 Å². The lowest BCUT2D eigenvalue weighted by Gasteiger charge is -2.22. The first-order valence-corrected chi connectivity index (χ1v) is 11.7. The first-order chi connectivity index (χ1) is 15.1. The summed E-state index contributed by atoms with van der Waals surface area (Å²) in [4.78, 5) is 14.3. The van der Waals surface area contributed by atoms with Gasteiger partial charge in [0.05, 0.1) is 16.9 Å². The lowest BCUT2D eigenvalue weighted by atomic mass is 9.84. The van der Waals surface area contributed by atoms with Crippen LogP contribution in [0.1, 0.15) is 47.7 Å². The molecule has 2 aliphatic rings. The van der Waals surface area contributed by atoms with Gasteiger partial charge >= 0.3 is 0 Å². The van der Waals surface area contributed by atoms with Crippen LogP contribution in [0, 0.1) is 11.8 Å². The smallest absolute Gasteiger partial charge is 0.183 e. The summed E-state index contributed by atoms with van der Waals surface area (Å²) in [6, 6.07) is 17.4. The van der Waals surface area contributed by atoms with Gasteiger partial charge in [0.1, 0.15) is 5.69 Å². The number of hydrogen-bond acceptors (Lipinski definition) is 4. The van der Waals surface area contributed by atoms with E-state index >= 15 is 4.39 Å². The van der Waals surface area contributed by atoms with Crippen LogP contribution in [-0.4, -0.2) is 28.8 Å². The third-order valence-electron chi connectivity index (χ3n) is 6.39. The van der Waals surface area contributed by atoms with Crippen molar-refractivity contribution in [3.05, 3.63) is 65.9 Å². The number of alkyl halides is 1. The molecule has 3 heterocycles. The summed E-state index contributed by atoms with van der Waals surface area (Å²) in [5, 5.41) is 4.71. The fraction of sp³-hybridized carbons (Fsp3) is 0.360. The number of hydrogen-bond donors (Lipinski definition) is 0. The zero-order valence-electron chi connectivity index (χ0n) is 17.5. The number of thioether (sulfide) groups is 1. The van der Waals surface area contributed by atoms with Crippen molar-refractivity contribution in [2.45, 2.75) is 36.6 Å². The standard InChI is InChI=1S/C25H25FN2O2S/c1-16-11-13-30-14-12-17(16)15-20(29)23-22-24(28(27-23)18-7-3-2-4-8-18)19-9-5-6-10-21(19)31-25(22)26/h2-10,16-17,25H,11-15H2,1H3. The van der Waals surface area contributed by atoms with E-state index in [0.29, 0.717) is 30.2 Å². The number of para-hydroxylation sites is 1. The number of nitrogens with zero attached hydrogens (tertiary/aromatic N) is 2. The molecule has 0 N–H and O–H groups in total. The predicted octanol–water partition coefficient (Wildman–Crippen LogP) is 6.25. The van der Waals surface area contributed by atoms with Gasteiger partial charge in [-0.3, -0.25) is 4.79 Å². The second-order valence-electron chi connectivity index (χ2n) is 8.34. The van der Waals surface area contributed by atoms with Gasteiger partial charge in [-0.1, -0.05) is 55.1 Å². The summed E-state index contributed by atoms with van der Waals surface area (Å²) in [5.41, 5.74) is 1.79. The van der Waals surface area contributed by atoms with E-state index in [9.17, 15) is 4.79 Å².